The largest absolute Gasteiger partial charge is 0.495 e. The number of aliphatic imine (C=N–C) groups is 1. The number of benzene rings is 1. The van der Waals surface area contributed by atoms with E-state index in [1.54, 1.807) is 23.6 Å². The molecule has 1 aliphatic rings. The fourth-order valence-corrected chi connectivity index (χ4v) is 3.71. The zero-order valence-electron chi connectivity index (χ0n) is 13.5. The second kappa shape index (κ2) is 7.06. The van der Waals surface area contributed by atoms with Gasteiger partial charge in [0.05, 0.1) is 17.7 Å². The van der Waals surface area contributed by atoms with E-state index in [2.05, 4.69) is 31.6 Å². The Morgan fingerprint density at radius 2 is 2.23 bits per heavy atom. The lowest BCUT2D eigenvalue weighted by Crippen LogP contribution is -2.44. The maximum Gasteiger partial charge on any atom is 0.265 e. The minimum atomic E-state index is -1.78. The van der Waals surface area contributed by atoms with Gasteiger partial charge in [-0.3, -0.25) is 10.5 Å². The van der Waals surface area contributed by atoms with Crippen molar-refractivity contribution in [3.8, 4) is 5.75 Å². The van der Waals surface area contributed by atoms with E-state index in [1.807, 2.05) is 0 Å². The third kappa shape index (κ3) is 3.43. The van der Waals surface area contributed by atoms with E-state index < -0.39 is 11.5 Å². The van der Waals surface area contributed by atoms with E-state index in [4.69, 9.17) is 16.2 Å². The van der Waals surface area contributed by atoms with Gasteiger partial charge in [-0.15, -0.1) is 11.3 Å². The minimum Gasteiger partial charge on any atom is -0.495 e. The van der Waals surface area contributed by atoms with E-state index in [9.17, 15) is 9.18 Å². The maximum absolute atomic E-state index is 14.3. The number of hydrogen-bond donors (Lipinski definition) is 4. The lowest BCUT2D eigenvalue weighted by molar-refractivity contribution is 0.103. The zero-order chi connectivity index (χ0) is 18.9. The van der Waals surface area contributed by atoms with Crippen molar-refractivity contribution in [2.75, 3.05) is 12.4 Å². The van der Waals surface area contributed by atoms with Crippen LogP contribution in [0.3, 0.4) is 0 Å². The van der Waals surface area contributed by atoms with Crippen molar-refractivity contribution in [2.45, 2.75) is 5.66 Å². The van der Waals surface area contributed by atoms with Crippen molar-refractivity contribution in [1.29, 1.82) is 0 Å². The Morgan fingerprint density at radius 1 is 1.46 bits per heavy atom. The van der Waals surface area contributed by atoms with Crippen LogP contribution in [0.15, 0.2) is 51.1 Å². The van der Waals surface area contributed by atoms with Crippen LogP contribution in [-0.2, 0) is 5.66 Å². The standard InChI is InChI=1S/C16H15BrFN5O2S/c1-25-11-3-2-8(16(20)13(18)6-21-15(19)23-16)4-10(11)22-14(24)12-5-9(17)7-26-12/h2-7H,20H2,1H3,(H,22,24)(H3,19,21,23). The van der Waals surface area contributed by atoms with Gasteiger partial charge in [-0.25, -0.2) is 9.38 Å². The molecule has 1 atom stereocenters. The molecule has 0 saturated carbocycles. The highest BCUT2D eigenvalue weighted by Gasteiger charge is 2.36. The molecule has 3 rings (SSSR count). The smallest absolute Gasteiger partial charge is 0.265 e. The monoisotopic (exact) mass is 439 g/mol. The van der Waals surface area contributed by atoms with Gasteiger partial charge in [-0.2, -0.15) is 0 Å². The summed E-state index contributed by atoms with van der Waals surface area (Å²) < 4.78 is 20.4. The molecule has 0 fully saturated rings. The van der Waals surface area contributed by atoms with Gasteiger partial charge in [0.1, 0.15) is 5.75 Å². The number of thiophene rings is 1. The van der Waals surface area contributed by atoms with Gasteiger partial charge in [0, 0.05) is 21.6 Å². The Bertz CT molecular complexity index is 929. The van der Waals surface area contributed by atoms with Gasteiger partial charge < -0.3 is 21.1 Å². The Labute approximate surface area is 161 Å². The summed E-state index contributed by atoms with van der Waals surface area (Å²) in [5.74, 6) is -0.654. The quantitative estimate of drug-likeness (QED) is 0.584. The van der Waals surface area contributed by atoms with Crippen molar-refractivity contribution in [1.82, 2.24) is 5.32 Å². The van der Waals surface area contributed by atoms with Gasteiger partial charge in [0.15, 0.2) is 17.4 Å². The summed E-state index contributed by atoms with van der Waals surface area (Å²) in [4.78, 5) is 16.9. The number of ether oxygens (including phenoxy) is 1. The summed E-state index contributed by atoms with van der Waals surface area (Å²) >= 11 is 4.59. The predicted octanol–water partition coefficient (Wildman–Crippen LogP) is 2.61. The van der Waals surface area contributed by atoms with Crippen LogP contribution < -0.4 is 26.8 Å². The summed E-state index contributed by atoms with van der Waals surface area (Å²) in [7, 11) is 1.46. The molecule has 0 spiro atoms. The van der Waals surface area contributed by atoms with Crippen LogP contribution in [0, 0.1) is 0 Å². The normalized spacial score (nSPS) is 19.2. The summed E-state index contributed by atoms with van der Waals surface area (Å²) in [6.07, 6.45) is 1.05. The Hall–Kier alpha value is -2.43. The van der Waals surface area contributed by atoms with Gasteiger partial charge in [-0.05, 0) is 34.1 Å². The number of guanidine groups is 1. The molecule has 6 N–H and O–H groups in total. The number of anilines is 1. The Kier molecular flexibility index (Phi) is 4.99. The zero-order valence-corrected chi connectivity index (χ0v) is 15.9. The molecule has 1 aliphatic heterocycles. The third-order valence-corrected chi connectivity index (χ3v) is 5.38. The van der Waals surface area contributed by atoms with Crippen LogP contribution in [0.1, 0.15) is 15.2 Å². The number of halogens is 2. The number of amides is 1. The summed E-state index contributed by atoms with van der Waals surface area (Å²) in [5.41, 5.74) is 10.6. The van der Waals surface area contributed by atoms with Crippen molar-refractivity contribution >= 4 is 44.8 Å². The highest BCUT2D eigenvalue weighted by Crippen LogP contribution is 2.36. The summed E-state index contributed by atoms with van der Waals surface area (Å²) in [6.45, 7) is 0. The number of rotatable bonds is 4. The molecule has 0 saturated heterocycles. The average molecular weight is 440 g/mol. The van der Waals surface area contributed by atoms with Crippen LogP contribution in [0.5, 0.6) is 5.75 Å². The molecule has 1 aromatic carbocycles. The molecule has 10 heteroatoms. The molecule has 1 unspecified atom stereocenters. The van der Waals surface area contributed by atoms with Crippen LogP contribution >= 0.6 is 27.3 Å². The molecule has 0 radical (unpaired) electrons. The van der Waals surface area contributed by atoms with E-state index in [0.717, 1.165) is 10.7 Å². The highest BCUT2D eigenvalue weighted by atomic mass is 79.9. The first-order valence-corrected chi connectivity index (χ1v) is 9.01. The summed E-state index contributed by atoms with van der Waals surface area (Å²) in [5, 5.41) is 7.01. The van der Waals surface area contributed by atoms with E-state index in [-0.39, 0.29) is 11.9 Å². The van der Waals surface area contributed by atoms with Crippen molar-refractivity contribution in [3.63, 3.8) is 0 Å². The molecule has 0 bridgehead atoms. The van der Waals surface area contributed by atoms with Crippen molar-refractivity contribution < 1.29 is 13.9 Å². The first-order chi connectivity index (χ1) is 12.3. The SMILES string of the molecule is COc1ccc(C2(N)N=C(N)NC=C2F)cc1NC(=O)c1cc(Br)cs1. The highest BCUT2D eigenvalue weighted by molar-refractivity contribution is 9.10. The molecular formula is C16H15BrFN5O2S. The number of hydrogen-bond acceptors (Lipinski definition) is 7. The number of nitrogens with one attached hydrogen (secondary N) is 2. The molecule has 136 valence electrons. The maximum atomic E-state index is 14.3. The molecule has 7 nitrogen and oxygen atoms in total. The number of nitrogens with two attached hydrogens (primary N) is 2. The van der Waals surface area contributed by atoms with Crippen LogP contribution in [-0.4, -0.2) is 19.0 Å². The van der Waals surface area contributed by atoms with E-state index >= 15 is 0 Å². The minimum absolute atomic E-state index is 0.0151. The van der Waals surface area contributed by atoms with Crippen LogP contribution in [0.4, 0.5) is 10.1 Å². The second-order valence-corrected chi connectivity index (χ2v) is 7.23. The first-order valence-electron chi connectivity index (χ1n) is 7.34. The molecule has 2 aromatic rings. The fourth-order valence-electron chi connectivity index (χ4n) is 2.38. The molecule has 1 amide bonds. The van der Waals surface area contributed by atoms with Crippen LogP contribution in [0.25, 0.3) is 0 Å². The van der Waals surface area contributed by atoms with Gasteiger partial charge in [-0.1, -0.05) is 6.07 Å². The molecular weight excluding hydrogens is 425 g/mol. The molecule has 0 aliphatic carbocycles. The number of nitrogens with zero attached hydrogens (tertiary/aromatic N) is 1. The third-order valence-electron chi connectivity index (χ3n) is 3.69. The van der Waals surface area contributed by atoms with E-state index in [0.29, 0.717) is 21.9 Å². The second-order valence-electron chi connectivity index (χ2n) is 5.40. The van der Waals surface area contributed by atoms with Crippen molar-refractivity contribution in [3.05, 3.63) is 56.6 Å². The Morgan fingerprint density at radius 3 is 2.88 bits per heavy atom. The first kappa shape index (κ1) is 18.4. The number of carbonyl (C=O) groups excluding carboxylic acids is 1. The van der Waals surface area contributed by atoms with Gasteiger partial charge >= 0.3 is 0 Å². The molecule has 26 heavy (non-hydrogen) atoms. The molecule has 2 heterocycles. The molecule has 1 aromatic heterocycles. The Balaban J connectivity index is 1.98. The van der Waals surface area contributed by atoms with E-state index in [1.165, 1.54) is 24.5 Å². The predicted molar refractivity (Wildman–Crippen MR) is 103 cm³/mol. The van der Waals surface area contributed by atoms with Gasteiger partial charge in [0.25, 0.3) is 5.91 Å². The summed E-state index contributed by atoms with van der Waals surface area (Å²) in [6, 6.07) is 6.34. The van der Waals surface area contributed by atoms with Crippen molar-refractivity contribution in [2.24, 2.45) is 16.5 Å². The fraction of sp³-hybridized carbons (Fsp3) is 0.125. The number of methoxy groups -OCH3 is 1. The van der Waals surface area contributed by atoms with Gasteiger partial charge in [0.2, 0.25) is 0 Å². The lowest BCUT2D eigenvalue weighted by Gasteiger charge is -2.28. The topological polar surface area (TPSA) is 115 Å². The number of carbonyl (C=O) groups is 1. The lowest BCUT2D eigenvalue weighted by atomic mass is 9.98. The average Bonchev–Trinajstić information content (AvgIpc) is 3.05. The van der Waals surface area contributed by atoms with Crippen LogP contribution in [0.2, 0.25) is 0 Å².